The Labute approximate surface area is 396 Å². The zero-order chi connectivity index (χ0) is 47.7. The van der Waals surface area contributed by atoms with Crippen molar-refractivity contribution in [3.8, 4) is 0 Å². The number of ether oxygens (including phenoxy) is 4. The third-order valence-electron chi connectivity index (χ3n) is 9.72. The van der Waals surface area contributed by atoms with Gasteiger partial charge in [-0.1, -0.05) is 174 Å². The summed E-state index contributed by atoms with van der Waals surface area (Å²) in [5, 5.41) is 11.7. The van der Waals surface area contributed by atoms with E-state index in [1.165, 1.54) is 25.7 Å². The van der Waals surface area contributed by atoms with Crippen LogP contribution in [0, 0.1) is 0 Å². The summed E-state index contributed by atoms with van der Waals surface area (Å²) >= 11 is 0. The van der Waals surface area contributed by atoms with Gasteiger partial charge in [0.15, 0.2) is 12.4 Å². The smallest absolute Gasteiger partial charge is 0.306 e. The van der Waals surface area contributed by atoms with E-state index in [2.05, 4.69) is 123 Å². The minimum absolute atomic E-state index is 0.113. The van der Waals surface area contributed by atoms with Gasteiger partial charge in [0.05, 0.1) is 40.3 Å². The van der Waals surface area contributed by atoms with Crippen LogP contribution in [0.25, 0.3) is 0 Å². The van der Waals surface area contributed by atoms with Crippen LogP contribution in [-0.4, -0.2) is 82.3 Å². The number of likely N-dealkylation sites (N-methyl/N-ethyl adjacent to an activating group) is 1. The third-order valence-corrected chi connectivity index (χ3v) is 9.72. The first kappa shape index (κ1) is 60.7. The summed E-state index contributed by atoms with van der Waals surface area (Å²) in [7, 11) is 5.87. The third kappa shape index (κ3) is 47.5. The minimum Gasteiger partial charge on any atom is -0.545 e. The van der Waals surface area contributed by atoms with Crippen LogP contribution in [-0.2, 0) is 33.3 Å². The van der Waals surface area contributed by atoms with Crippen molar-refractivity contribution in [1.29, 1.82) is 0 Å². The summed E-state index contributed by atoms with van der Waals surface area (Å²) in [6.45, 7) is 4.39. The number of quaternary nitrogens is 1. The van der Waals surface area contributed by atoms with E-state index in [0.29, 0.717) is 23.9 Å². The molecule has 65 heavy (non-hydrogen) atoms. The van der Waals surface area contributed by atoms with Crippen LogP contribution in [0.2, 0.25) is 0 Å². The largest absolute Gasteiger partial charge is 0.545 e. The molecule has 0 aromatic rings. The summed E-state index contributed by atoms with van der Waals surface area (Å²) < 4.78 is 22.5. The van der Waals surface area contributed by atoms with Crippen LogP contribution in [0.5, 0.6) is 0 Å². The van der Waals surface area contributed by atoms with Crippen molar-refractivity contribution in [2.24, 2.45) is 0 Å². The van der Waals surface area contributed by atoms with Crippen LogP contribution in [0.1, 0.15) is 155 Å². The molecule has 9 nitrogen and oxygen atoms in total. The number of hydrogen-bond acceptors (Lipinski definition) is 8. The van der Waals surface area contributed by atoms with Gasteiger partial charge in [0, 0.05) is 12.8 Å². The van der Waals surface area contributed by atoms with Crippen molar-refractivity contribution in [2.75, 3.05) is 47.5 Å². The van der Waals surface area contributed by atoms with E-state index < -0.39 is 30.3 Å². The number of carbonyl (C=O) groups excluding carboxylic acids is 3. The minimum atomic E-state index is -1.65. The lowest BCUT2D eigenvalue weighted by molar-refractivity contribution is -0.870. The molecule has 0 aliphatic heterocycles. The molecule has 0 saturated carbocycles. The normalized spacial score (nSPS) is 13.9. The van der Waals surface area contributed by atoms with Crippen molar-refractivity contribution >= 4 is 17.9 Å². The van der Waals surface area contributed by atoms with Gasteiger partial charge in [-0.2, -0.15) is 0 Å². The van der Waals surface area contributed by atoms with Gasteiger partial charge in [-0.05, 0) is 89.9 Å². The first-order valence-corrected chi connectivity index (χ1v) is 24.7. The summed E-state index contributed by atoms with van der Waals surface area (Å²) in [6, 6.07) is 0. The van der Waals surface area contributed by atoms with Gasteiger partial charge in [-0.15, -0.1) is 0 Å². The van der Waals surface area contributed by atoms with E-state index in [-0.39, 0.29) is 32.7 Å². The van der Waals surface area contributed by atoms with Gasteiger partial charge in [-0.3, -0.25) is 9.59 Å². The fourth-order valence-electron chi connectivity index (χ4n) is 5.96. The Morgan fingerprint density at radius 2 is 0.862 bits per heavy atom. The molecule has 2 unspecified atom stereocenters. The highest BCUT2D eigenvalue weighted by molar-refractivity contribution is 5.70. The quantitative estimate of drug-likeness (QED) is 0.0196. The van der Waals surface area contributed by atoms with Crippen molar-refractivity contribution in [3.05, 3.63) is 122 Å². The SMILES string of the molecule is CC/C=C\C/C=C\C/C=C\C/C=C\C/C=C\C/C=C\CCC(=O)OC(COC(=O)CCCCCCCCCC/C=C\C/C=C\C/C=C\C/C=C\CC)COC(OCC[N+](C)(C)C)C(=O)[O-]. The monoisotopic (exact) mass is 904 g/mol. The standard InChI is InChI=1S/C56H89NO8/c1-6-8-10-12-14-16-18-20-22-24-26-27-29-30-32-34-36-38-40-42-44-46-53(58)63-50-52(51-64-56(55(60)61)62-49-48-57(3,4)5)65-54(59)47-45-43-41-39-37-35-33-31-28-25-23-21-19-17-15-13-11-9-7-2/h8-11,14-17,20-23,26-28,31,35,37,41,43,52,56H,6-7,12-13,18-19,24-25,29-30,32-34,36,38-40,42,44-51H2,1-5H3/b10-8-,11-9-,16-14-,17-15-,22-20-,23-21-,27-26-,31-28-,37-35-,43-41-. The molecule has 0 aromatic carbocycles. The first-order valence-electron chi connectivity index (χ1n) is 24.7. The van der Waals surface area contributed by atoms with E-state index in [9.17, 15) is 19.5 Å². The van der Waals surface area contributed by atoms with Crippen LogP contribution in [0.4, 0.5) is 0 Å². The predicted molar refractivity (Wildman–Crippen MR) is 269 cm³/mol. The lowest BCUT2D eigenvalue weighted by atomic mass is 10.1. The fourth-order valence-corrected chi connectivity index (χ4v) is 5.96. The second-order valence-corrected chi connectivity index (χ2v) is 17.0. The zero-order valence-electron chi connectivity index (χ0n) is 41.3. The molecule has 0 aliphatic rings. The van der Waals surface area contributed by atoms with E-state index in [1.54, 1.807) is 0 Å². The van der Waals surface area contributed by atoms with E-state index in [1.807, 2.05) is 33.3 Å². The van der Waals surface area contributed by atoms with Crippen LogP contribution in [0.3, 0.4) is 0 Å². The number of esters is 2. The second-order valence-electron chi connectivity index (χ2n) is 17.0. The highest BCUT2D eigenvalue weighted by atomic mass is 16.7. The summed E-state index contributed by atoms with van der Waals surface area (Å²) in [5.41, 5.74) is 0. The Kier molecular flexibility index (Phi) is 43.2. The molecule has 0 rings (SSSR count). The van der Waals surface area contributed by atoms with Crippen molar-refractivity contribution in [1.82, 2.24) is 0 Å². The molecule has 2 atom stereocenters. The Bertz CT molecular complexity index is 1470. The Morgan fingerprint density at radius 3 is 1.29 bits per heavy atom. The average molecular weight is 904 g/mol. The molecule has 0 amide bonds. The molecule has 0 aliphatic carbocycles. The molecule has 0 saturated heterocycles. The average Bonchev–Trinajstić information content (AvgIpc) is 3.27. The molecule has 0 N–H and O–H groups in total. The van der Waals surface area contributed by atoms with Gasteiger partial charge in [0.25, 0.3) is 0 Å². The molecular formula is C56H89NO8. The Morgan fingerprint density at radius 1 is 0.462 bits per heavy atom. The molecule has 0 bridgehead atoms. The predicted octanol–water partition coefficient (Wildman–Crippen LogP) is 12.4. The zero-order valence-corrected chi connectivity index (χ0v) is 41.3. The maximum atomic E-state index is 12.8. The van der Waals surface area contributed by atoms with Crippen molar-refractivity contribution in [2.45, 2.75) is 167 Å². The Balaban J connectivity index is 4.52. The lowest BCUT2D eigenvalue weighted by Gasteiger charge is -2.26. The molecule has 0 fully saturated rings. The number of nitrogens with zero attached hydrogens (tertiary/aromatic N) is 1. The summed E-state index contributed by atoms with van der Waals surface area (Å²) in [4.78, 5) is 37.1. The maximum absolute atomic E-state index is 12.8. The number of carboxylic acids is 1. The van der Waals surface area contributed by atoms with Gasteiger partial charge >= 0.3 is 11.9 Å². The topological polar surface area (TPSA) is 111 Å². The molecule has 0 heterocycles. The molecule has 366 valence electrons. The highest BCUT2D eigenvalue weighted by Crippen LogP contribution is 2.12. The first-order chi connectivity index (χ1) is 31.6. The van der Waals surface area contributed by atoms with Crippen LogP contribution >= 0.6 is 0 Å². The van der Waals surface area contributed by atoms with Crippen molar-refractivity contribution < 1.29 is 42.9 Å². The van der Waals surface area contributed by atoms with E-state index in [0.717, 1.165) is 89.9 Å². The van der Waals surface area contributed by atoms with Crippen molar-refractivity contribution in [3.63, 3.8) is 0 Å². The number of unbranched alkanes of at least 4 members (excludes halogenated alkanes) is 8. The summed E-state index contributed by atoms with van der Waals surface area (Å²) in [5.74, 6) is -2.43. The number of carbonyl (C=O) groups is 3. The number of hydrogen-bond donors (Lipinski definition) is 0. The van der Waals surface area contributed by atoms with E-state index in [4.69, 9.17) is 18.9 Å². The van der Waals surface area contributed by atoms with Gasteiger partial charge in [0.2, 0.25) is 0 Å². The molecule has 0 aromatic heterocycles. The molecular weight excluding hydrogens is 815 g/mol. The molecule has 0 radical (unpaired) electrons. The van der Waals surface area contributed by atoms with Crippen LogP contribution in [0.15, 0.2) is 122 Å². The number of aliphatic carboxylic acids is 1. The highest BCUT2D eigenvalue weighted by Gasteiger charge is 2.21. The van der Waals surface area contributed by atoms with Gasteiger partial charge < -0.3 is 33.3 Å². The molecule has 9 heteroatoms. The van der Waals surface area contributed by atoms with Gasteiger partial charge in [0.1, 0.15) is 13.2 Å². The Hall–Kier alpha value is -4.31. The number of carboxylic acid groups (broad SMARTS) is 1. The lowest BCUT2D eigenvalue weighted by Crippen LogP contribution is -2.44. The fraction of sp³-hybridized carbons (Fsp3) is 0.589. The second kappa shape index (κ2) is 46.2. The maximum Gasteiger partial charge on any atom is 0.306 e. The molecule has 0 spiro atoms. The number of rotatable bonds is 43. The van der Waals surface area contributed by atoms with Gasteiger partial charge in [-0.25, -0.2) is 0 Å². The van der Waals surface area contributed by atoms with Crippen LogP contribution < -0.4 is 5.11 Å². The van der Waals surface area contributed by atoms with E-state index >= 15 is 0 Å². The number of allylic oxidation sites excluding steroid dienone is 20. The summed E-state index contributed by atoms with van der Waals surface area (Å²) in [6.07, 6.45) is 61.0.